The first-order chi connectivity index (χ1) is 8.74. The molecule has 0 unspecified atom stereocenters. The van der Waals surface area contributed by atoms with Crippen LogP contribution in [-0.4, -0.2) is 41.4 Å². The van der Waals surface area contributed by atoms with Crippen molar-refractivity contribution in [2.75, 3.05) is 25.4 Å². The Morgan fingerprint density at radius 1 is 1.33 bits per heavy atom. The van der Waals surface area contributed by atoms with Gasteiger partial charge in [-0.3, -0.25) is 9.69 Å². The Morgan fingerprint density at radius 3 is 2.67 bits per heavy atom. The second-order valence-electron chi connectivity index (χ2n) is 4.73. The maximum atomic E-state index is 10.8. The molecule has 1 aliphatic carbocycles. The SMILES string of the molecule is O=C(O)CN(CCSc1ccccc1)CC1CC1. The van der Waals surface area contributed by atoms with Gasteiger partial charge in [0.1, 0.15) is 0 Å². The highest BCUT2D eigenvalue weighted by atomic mass is 32.2. The van der Waals surface area contributed by atoms with E-state index in [-0.39, 0.29) is 6.54 Å². The van der Waals surface area contributed by atoms with Gasteiger partial charge in [-0.1, -0.05) is 18.2 Å². The van der Waals surface area contributed by atoms with Crippen LogP contribution in [0, 0.1) is 5.92 Å². The third-order valence-corrected chi connectivity index (χ3v) is 3.98. The van der Waals surface area contributed by atoms with Crippen molar-refractivity contribution < 1.29 is 9.90 Å². The highest BCUT2D eigenvalue weighted by Gasteiger charge is 2.24. The summed E-state index contributed by atoms with van der Waals surface area (Å²) in [5, 5.41) is 8.89. The van der Waals surface area contributed by atoms with Gasteiger partial charge in [0.15, 0.2) is 0 Å². The summed E-state index contributed by atoms with van der Waals surface area (Å²) in [6, 6.07) is 10.2. The molecule has 0 radical (unpaired) electrons. The lowest BCUT2D eigenvalue weighted by Crippen LogP contribution is -2.33. The number of benzene rings is 1. The van der Waals surface area contributed by atoms with Crippen LogP contribution in [0.25, 0.3) is 0 Å². The molecule has 0 atom stereocenters. The van der Waals surface area contributed by atoms with Crippen molar-refractivity contribution in [3.63, 3.8) is 0 Å². The summed E-state index contributed by atoms with van der Waals surface area (Å²) in [6.07, 6.45) is 2.53. The van der Waals surface area contributed by atoms with Gasteiger partial charge in [-0.05, 0) is 30.9 Å². The summed E-state index contributed by atoms with van der Waals surface area (Å²) in [7, 11) is 0. The van der Waals surface area contributed by atoms with Gasteiger partial charge < -0.3 is 5.11 Å². The van der Waals surface area contributed by atoms with Crippen LogP contribution >= 0.6 is 11.8 Å². The standard InChI is InChI=1S/C14H19NO2S/c16-14(17)11-15(10-12-6-7-12)8-9-18-13-4-2-1-3-5-13/h1-5,12H,6-11H2,(H,16,17). The molecule has 1 N–H and O–H groups in total. The molecule has 1 fully saturated rings. The first-order valence-corrected chi connectivity index (χ1v) is 7.34. The highest BCUT2D eigenvalue weighted by molar-refractivity contribution is 7.99. The average molecular weight is 265 g/mol. The molecule has 98 valence electrons. The number of carbonyl (C=O) groups is 1. The van der Waals surface area contributed by atoms with Gasteiger partial charge in [0.25, 0.3) is 0 Å². The van der Waals surface area contributed by atoms with Crippen molar-refractivity contribution in [1.82, 2.24) is 4.90 Å². The Balaban J connectivity index is 1.72. The maximum absolute atomic E-state index is 10.8. The Kier molecular flexibility index (Phi) is 5.08. The average Bonchev–Trinajstić information content (AvgIpc) is 3.13. The molecule has 0 bridgehead atoms. The minimum Gasteiger partial charge on any atom is -0.480 e. The molecule has 1 aliphatic rings. The summed E-state index contributed by atoms with van der Waals surface area (Å²) in [4.78, 5) is 14.1. The van der Waals surface area contributed by atoms with E-state index in [9.17, 15) is 4.79 Å². The van der Waals surface area contributed by atoms with Crippen LogP contribution < -0.4 is 0 Å². The van der Waals surface area contributed by atoms with E-state index in [4.69, 9.17) is 5.11 Å². The van der Waals surface area contributed by atoms with Gasteiger partial charge in [0, 0.05) is 23.7 Å². The van der Waals surface area contributed by atoms with E-state index < -0.39 is 5.97 Å². The Labute approximate surface area is 112 Å². The van der Waals surface area contributed by atoms with Crippen LogP contribution in [0.2, 0.25) is 0 Å². The largest absolute Gasteiger partial charge is 0.480 e. The Morgan fingerprint density at radius 2 is 2.06 bits per heavy atom. The van der Waals surface area contributed by atoms with E-state index in [1.54, 1.807) is 11.8 Å². The van der Waals surface area contributed by atoms with Gasteiger partial charge >= 0.3 is 5.97 Å². The van der Waals surface area contributed by atoms with Gasteiger partial charge in [-0.2, -0.15) is 0 Å². The molecule has 0 spiro atoms. The van der Waals surface area contributed by atoms with Crippen LogP contribution in [0.5, 0.6) is 0 Å². The fourth-order valence-corrected chi connectivity index (χ4v) is 2.84. The molecule has 2 rings (SSSR count). The molecule has 18 heavy (non-hydrogen) atoms. The maximum Gasteiger partial charge on any atom is 0.317 e. The normalized spacial score (nSPS) is 14.9. The molecular weight excluding hydrogens is 246 g/mol. The third-order valence-electron chi connectivity index (χ3n) is 2.99. The van der Waals surface area contributed by atoms with E-state index in [1.165, 1.54) is 17.7 Å². The summed E-state index contributed by atoms with van der Waals surface area (Å²) in [5.41, 5.74) is 0. The molecule has 1 saturated carbocycles. The number of hydrogen-bond donors (Lipinski definition) is 1. The van der Waals surface area contributed by atoms with Gasteiger partial charge in [0.2, 0.25) is 0 Å². The topological polar surface area (TPSA) is 40.5 Å². The molecule has 0 saturated heterocycles. The summed E-state index contributed by atoms with van der Waals surface area (Å²) in [6.45, 7) is 1.97. The lowest BCUT2D eigenvalue weighted by molar-refractivity contribution is -0.138. The van der Waals surface area contributed by atoms with E-state index >= 15 is 0 Å². The number of thioether (sulfide) groups is 1. The van der Waals surface area contributed by atoms with Crippen LogP contribution in [0.15, 0.2) is 35.2 Å². The second-order valence-corrected chi connectivity index (χ2v) is 5.90. The third kappa shape index (κ3) is 5.10. The predicted octanol–water partition coefficient (Wildman–Crippen LogP) is 2.58. The van der Waals surface area contributed by atoms with Crippen LogP contribution in [-0.2, 0) is 4.79 Å². The first kappa shape index (κ1) is 13.4. The lowest BCUT2D eigenvalue weighted by Gasteiger charge is -2.19. The molecular formula is C14H19NO2S. The minimum atomic E-state index is -0.722. The minimum absolute atomic E-state index is 0.172. The van der Waals surface area contributed by atoms with Gasteiger partial charge in [-0.25, -0.2) is 0 Å². The number of carboxylic acid groups (broad SMARTS) is 1. The van der Waals surface area contributed by atoms with Gasteiger partial charge in [0.05, 0.1) is 6.54 Å². The molecule has 1 aromatic carbocycles. The van der Waals surface area contributed by atoms with Crippen molar-refractivity contribution in [2.24, 2.45) is 5.92 Å². The van der Waals surface area contributed by atoms with Crippen LogP contribution in [0.1, 0.15) is 12.8 Å². The second kappa shape index (κ2) is 6.81. The van der Waals surface area contributed by atoms with Crippen LogP contribution in [0.3, 0.4) is 0 Å². The summed E-state index contributed by atoms with van der Waals surface area (Å²) < 4.78 is 0. The van der Waals surface area contributed by atoms with E-state index in [0.29, 0.717) is 0 Å². The fraction of sp³-hybridized carbons (Fsp3) is 0.500. The zero-order valence-electron chi connectivity index (χ0n) is 10.4. The zero-order chi connectivity index (χ0) is 12.8. The first-order valence-electron chi connectivity index (χ1n) is 6.36. The fourth-order valence-electron chi connectivity index (χ4n) is 1.90. The van der Waals surface area contributed by atoms with Crippen molar-refractivity contribution in [3.8, 4) is 0 Å². The lowest BCUT2D eigenvalue weighted by atomic mass is 10.3. The molecule has 0 heterocycles. The van der Waals surface area contributed by atoms with Crippen LogP contribution in [0.4, 0.5) is 0 Å². The highest BCUT2D eigenvalue weighted by Crippen LogP contribution is 2.29. The number of carboxylic acids is 1. The number of hydrogen-bond acceptors (Lipinski definition) is 3. The van der Waals surface area contributed by atoms with Crippen molar-refractivity contribution >= 4 is 17.7 Å². The molecule has 0 amide bonds. The quantitative estimate of drug-likeness (QED) is 0.733. The molecule has 4 heteroatoms. The molecule has 1 aromatic rings. The van der Waals surface area contributed by atoms with Gasteiger partial charge in [-0.15, -0.1) is 11.8 Å². The molecule has 3 nitrogen and oxygen atoms in total. The van der Waals surface area contributed by atoms with E-state index in [1.807, 2.05) is 18.2 Å². The number of aliphatic carboxylic acids is 1. The van der Waals surface area contributed by atoms with Crippen molar-refractivity contribution in [2.45, 2.75) is 17.7 Å². The number of nitrogens with zero attached hydrogens (tertiary/aromatic N) is 1. The molecule has 0 aliphatic heterocycles. The van der Waals surface area contributed by atoms with Crippen molar-refractivity contribution in [1.29, 1.82) is 0 Å². The summed E-state index contributed by atoms with van der Waals surface area (Å²) >= 11 is 1.79. The predicted molar refractivity (Wildman–Crippen MR) is 74.0 cm³/mol. The smallest absolute Gasteiger partial charge is 0.317 e. The number of rotatable bonds is 8. The van der Waals surface area contributed by atoms with E-state index in [0.717, 1.165) is 24.8 Å². The molecule has 0 aromatic heterocycles. The Bertz CT molecular complexity index is 379. The van der Waals surface area contributed by atoms with Crippen molar-refractivity contribution in [3.05, 3.63) is 30.3 Å². The zero-order valence-corrected chi connectivity index (χ0v) is 11.2. The monoisotopic (exact) mass is 265 g/mol. The Hall–Kier alpha value is -1.00. The van der Waals surface area contributed by atoms with E-state index in [2.05, 4.69) is 17.0 Å². The summed E-state index contributed by atoms with van der Waals surface area (Å²) in [5.74, 6) is 0.968.